The second-order valence-corrected chi connectivity index (χ2v) is 5.35. The van der Waals surface area contributed by atoms with Crippen molar-refractivity contribution in [1.29, 1.82) is 0 Å². The van der Waals surface area contributed by atoms with Crippen molar-refractivity contribution < 1.29 is 23.8 Å². The fourth-order valence-electron chi connectivity index (χ4n) is 2.32. The molecular formula is C18H14FN3O4. The van der Waals surface area contributed by atoms with Crippen molar-refractivity contribution in [3.63, 3.8) is 0 Å². The van der Waals surface area contributed by atoms with Crippen LogP contribution in [0.25, 0.3) is 11.3 Å². The van der Waals surface area contributed by atoms with Crippen LogP contribution in [0.1, 0.15) is 20.7 Å². The van der Waals surface area contributed by atoms with Crippen molar-refractivity contribution in [3.05, 3.63) is 65.5 Å². The van der Waals surface area contributed by atoms with Crippen molar-refractivity contribution in [3.8, 4) is 17.0 Å². The van der Waals surface area contributed by atoms with Gasteiger partial charge in [-0.25, -0.2) is 9.18 Å². The fourth-order valence-corrected chi connectivity index (χ4v) is 2.32. The number of aromatic nitrogens is 2. The van der Waals surface area contributed by atoms with Gasteiger partial charge in [0.1, 0.15) is 0 Å². The SMILES string of the molecule is COc1ccc(C(=O)Nc2cc(-c3ccc(C(=O)O)cc3)[nH]n2)cc1F. The van der Waals surface area contributed by atoms with Crippen LogP contribution >= 0.6 is 0 Å². The number of carboxylic acids is 1. The molecule has 0 aliphatic rings. The van der Waals surface area contributed by atoms with Crippen molar-refractivity contribution >= 4 is 17.7 Å². The summed E-state index contributed by atoms with van der Waals surface area (Å²) in [5.41, 5.74) is 1.60. The van der Waals surface area contributed by atoms with Crippen LogP contribution in [0.3, 0.4) is 0 Å². The van der Waals surface area contributed by atoms with Crippen LogP contribution in [-0.4, -0.2) is 34.3 Å². The lowest BCUT2D eigenvalue weighted by atomic mass is 10.1. The van der Waals surface area contributed by atoms with Gasteiger partial charge in [0.25, 0.3) is 5.91 Å². The molecule has 0 saturated heterocycles. The normalized spacial score (nSPS) is 10.4. The first kappa shape index (κ1) is 17.2. The lowest BCUT2D eigenvalue weighted by Gasteiger charge is -2.05. The summed E-state index contributed by atoms with van der Waals surface area (Å²) in [6.07, 6.45) is 0. The van der Waals surface area contributed by atoms with E-state index in [9.17, 15) is 14.0 Å². The minimum Gasteiger partial charge on any atom is -0.494 e. The number of halogens is 1. The largest absolute Gasteiger partial charge is 0.494 e. The van der Waals surface area contributed by atoms with Crippen LogP contribution in [-0.2, 0) is 0 Å². The molecule has 0 unspecified atom stereocenters. The van der Waals surface area contributed by atoms with Gasteiger partial charge in [0.15, 0.2) is 17.4 Å². The van der Waals surface area contributed by atoms with E-state index in [0.717, 1.165) is 6.07 Å². The Bertz CT molecular complexity index is 967. The molecule has 0 saturated carbocycles. The molecule has 8 heteroatoms. The van der Waals surface area contributed by atoms with E-state index >= 15 is 0 Å². The standard InChI is InChI=1S/C18H14FN3O4/c1-26-15-7-6-12(8-13(15)19)17(23)20-16-9-14(21-22-16)10-2-4-11(5-3-10)18(24)25/h2-9H,1H3,(H,24,25)(H2,20,21,22,23). The average Bonchev–Trinajstić information content (AvgIpc) is 3.10. The van der Waals surface area contributed by atoms with Crippen molar-refractivity contribution in [2.45, 2.75) is 0 Å². The third kappa shape index (κ3) is 3.54. The van der Waals surface area contributed by atoms with Crippen LogP contribution in [0.15, 0.2) is 48.5 Å². The fraction of sp³-hybridized carbons (Fsp3) is 0.0556. The van der Waals surface area contributed by atoms with Gasteiger partial charge in [0.2, 0.25) is 0 Å². The number of carbonyl (C=O) groups is 2. The second-order valence-electron chi connectivity index (χ2n) is 5.35. The third-order valence-electron chi connectivity index (χ3n) is 3.68. The van der Waals surface area contributed by atoms with Gasteiger partial charge in [0.05, 0.1) is 18.4 Å². The third-order valence-corrected chi connectivity index (χ3v) is 3.68. The number of nitrogens with zero attached hydrogens (tertiary/aromatic N) is 1. The number of methoxy groups -OCH3 is 1. The summed E-state index contributed by atoms with van der Waals surface area (Å²) in [5.74, 6) is -1.87. The number of amides is 1. The van der Waals surface area contributed by atoms with E-state index in [1.165, 1.54) is 31.4 Å². The first-order chi connectivity index (χ1) is 12.5. The van der Waals surface area contributed by atoms with E-state index in [0.29, 0.717) is 11.3 Å². The molecule has 0 fully saturated rings. The van der Waals surface area contributed by atoms with Crippen LogP contribution in [0.4, 0.5) is 10.2 Å². The first-order valence-corrected chi connectivity index (χ1v) is 7.52. The summed E-state index contributed by atoms with van der Waals surface area (Å²) in [6.45, 7) is 0. The van der Waals surface area contributed by atoms with Crippen LogP contribution in [0, 0.1) is 5.82 Å². The monoisotopic (exact) mass is 355 g/mol. The summed E-state index contributed by atoms with van der Waals surface area (Å²) >= 11 is 0. The van der Waals surface area contributed by atoms with Crippen LogP contribution in [0.5, 0.6) is 5.75 Å². The van der Waals surface area contributed by atoms with Gasteiger partial charge in [-0.15, -0.1) is 0 Å². The maximum Gasteiger partial charge on any atom is 0.335 e. The number of hydrogen-bond acceptors (Lipinski definition) is 4. The van der Waals surface area contributed by atoms with Crippen molar-refractivity contribution in [2.75, 3.05) is 12.4 Å². The molecule has 3 N–H and O–H groups in total. The molecule has 0 radical (unpaired) electrons. The van der Waals surface area contributed by atoms with E-state index in [1.807, 2.05) is 0 Å². The van der Waals surface area contributed by atoms with Gasteiger partial charge in [0, 0.05) is 11.6 Å². The van der Waals surface area contributed by atoms with Crippen LogP contribution < -0.4 is 10.1 Å². The number of hydrogen-bond donors (Lipinski definition) is 3. The van der Waals surface area contributed by atoms with E-state index in [2.05, 4.69) is 15.5 Å². The number of aromatic amines is 1. The van der Waals surface area contributed by atoms with Gasteiger partial charge in [-0.2, -0.15) is 5.10 Å². The Morgan fingerprint density at radius 2 is 1.81 bits per heavy atom. The molecule has 0 aliphatic carbocycles. The molecule has 3 aromatic rings. The summed E-state index contributed by atoms with van der Waals surface area (Å²) in [7, 11) is 1.34. The highest BCUT2D eigenvalue weighted by Crippen LogP contribution is 2.22. The Balaban J connectivity index is 1.74. The van der Waals surface area contributed by atoms with Crippen LogP contribution in [0.2, 0.25) is 0 Å². The molecule has 1 aromatic heterocycles. The molecule has 0 aliphatic heterocycles. The molecular weight excluding hydrogens is 341 g/mol. The highest BCUT2D eigenvalue weighted by Gasteiger charge is 2.12. The van der Waals surface area contributed by atoms with Gasteiger partial charge >= 0.3 is 5.97 Å². The number of rotatable bonds is 5. The smallest absolute Gasteiger partial charge is 0.335 e. The maximum atomic E-state index is 13.7. The van der Waals surface area contributed by atoms with E-state index in [1.54, 1.807) is 18.2 Å². The second kappa shape index (κ2) is 7.06. The van der Waals surface area contributed by atoms with Gasteiger partial charge in [-0.05, 0) is 35.9 Å². The molecule has 3 rings (SSSR count). The van der Waals surface area contributed by atoms with E-state index in [-0.39, 0.29) is 22.7 Å². The molecule has 26 heavy (non-hydrogen) atoms. The molecule has 0 spiro atoms. The zero-order valence-corrected chi connectivity index (χ0v) is 13.6. The molecule has 132 valence electrons. The molecule has 0 bridgehead atoms. The molecule has 1 amide bonds. The quantitative estimate of drug-likeness (QED) is 0.652. The highest BCUT2D eigenvalue weighted by atomic mass is 19.1. The average molecular weight is 355 g/mol. The summed E-state index contributed by atoms with van der Waals surface area (Å²) in [6, 6.07) is 11.7. The Kier molecular flexibility index (Phi) is 4.66. The number of anilines is 1. The number of carboxylic acid groups (broad SMARTS) is 1. The predicted molar refractivity (Wildman–Crippen MR) is 91.9 cm³/mol. The molecule has 0 atom stereocenters. The number of carbonyl (C=O) groups excluding carboxylic acids is 1. The molecule has 7 nitrogen and oxygen atoms in total. The van der Waals surface area contributed by atoms with Crippen molar-refractivity contribution in [1.82, 2.24) is 10.2 Å². The first-order valence-electron chi connectivity index (χ1n) is 7.52. The zero-order chi connectivity index (χ0) is 18.7. The lowest BCUT2D eigenvalue weighted by Crippen LogP contribution is -2.12. The number of ether oxygens (including phenoxy) is 1. The summed E-state index contributed by atoms with van der Waals surface area (Å²) in [5, 5.41) is 18.2. The minimum atomic E-state index is -1.01. The maximum absolute atomic E-state index is 13.7. The number of H-pyrrole nitrogens is 1. The Morgan fingerprint density at radius 3 is 2.42 bits per heavy atom. The minimum absolute atomic E-state index is 0.0495. The highest BCUT2D eigenvalue weighted by molar-refractivity contribution is 6.04. The Morgan fingerprint density at radius 1 is 1.12 bits per heavy atom. The summed E-state index contributed by atoms with van der Waals surface area (Å²) < 4.78 is 18.5. The molecule has 2 aromatic carbocycles. The lowest BCUT2D eigenvalue weighted by molar-refractivity contribution is 0.0696. The Hall–Kier alpha value is -3.68. The van der Waals surface area contributed by atoms with E-state index < -0.39 is 17.7 Å². The number of benzene rings is 2. The Labute approximate surface area is 147 Å². The summed E-state index contributed by atoms with van der Waals surface area (Å²) in [4.78, 5) is 23.1. The zero-order valence-electron chi connectivity index (χ0n) is 13.6. The van der Waals surface area contributed by atoms with Gasteiger partial charge in [-0.3, -0.25) is 9.89 Å². The van der Waals surface area contributed by atoms with Gasteiger partial charge < -0.3 is 15.2 Å². The van der Waals surface area contributed by atoms with Crippen molar-refractivity contribution in [2.24, 2.45) is 0 Å². The van der Waals surface area contributed by atoms with E-state index in [4.69, 9.17) is 9.84 Å². The predicted octanol–water partition coefficient (Wildman–Crippen LogP) is 3.17. The topological polar surface area (TPSA) is 104 Å². The number of aromatic carboxylic acids is 1. The number of nitrogens with one attached hydrogen (secondary N) is 2. The molecule has 1 heterocycles. The van der Waals surface area contributed by atoms with Gasteiger partial charge in [-0.1, -0.05) is 12.1 Å².